The molecule has 28 heavy (non-hydrogen) atoms. The molecule has 0 fully saturated rings. The molecule has 0 radical (unpaired) electrons. The highest BCUT2D eigenvalue weighted by Gasteiger charge is 2.17. The van der Waals surface area contributed by atoms with Gasteiger partial charge in [0.25, 0.3) is 11.8 Å². The van der Waals surface area contributed by atoms with Crippen LogP contribution in [-0.2, 0) is 0 Å². The monoisotopic (exact) mass is 395 g/mol. The predicted octanol–water partition coefficient (Wildman–Crippen LogP) is 4.86. The molecule has 0 saturated heterocycles. The molecule has 0 aliphatic carbocycles. The molecule has 0 saturated carbocycles. The predicted molar refractivity (Wildman–Crippen MR) is 107 cm³/mol. The van der Waals surface area contributed by atoms with Crippen LogP contribution in [0.2, 0.25) is 0 Å². The van der Waals surface area contributed by atoms with Gasteiger partial charge in [-0.2, -0.15) is 0 Å². The van der Waals surface area contributed by atoms with Gasteiger partial charge < -0.3 is 13.6 Å². The van der Waals surface area contributed by atoms with Crippen LogP contribution in [0.5, 0.6) is 5.75 Å². The number of carbonyl (C=O) groups is 1. The fourth-order valence-electron chi connectivity index (χ4n) is 2.71. The quantitative estimate of drug-likeness (QED) is 0.466. The summed E-state index contributed by atoms with van der Waals surface area (Å²) in [5.41, 5.74) is 1.10. The summed E-state index contributed by atoms with van der Waals surface area (Å²) in [6.07, 6.45) is 0. The molecular weight excluding hydrogens is 378 g/mol. The third kappa shape index (κ3) is 3.59. The van der Waals surface area contributed by atoms with Crippen molar-refractivity contribution in [3.8, 4) is 17.4 Å². The molecule has 0 spiro atoms. The number of hydrogen-bond acceptors (Lipinski definition) is 7. The topological polar surface area (TPSA) is 90.4 Å². The molecule has 0 aliphatic heterocycles. The molecule has 2 heterocycles. The Labute approximate surface area is 165 Å². The first-order valence-corrected chi connectivity index (χ1v) is 9.61. The zero-order valence-corrected chi connectivity index (χ0v) is 16.1. The second-order valence-corrected chi connectivity index (χ2v) is 7.15. The molecule has 0 bridgehead atoms. The Kier molecular flexibility index (Phi) is 5.03. The Morgan fingerprint density at radius 1 is 1.14 bits per heavy atom. The van der Waals surface area contributed by atoms with E-state index in [4.69, 9.17) is 13.6 Å². The number of rotatable bonds is 6. The minimum absolute atomic E-state index is 0.000527. The van der Waals surface area contributed by atoms with Gasteiger partial charge >= 0.3 is 6.01 Å². The lowest BCUT2D eigenvalue weighted by Crippen LogP contribution is -2.11. The molecule has 7 nitrogen and oxygen atoms in total. The first-order valence-electron chi connectivity index (χ1n) is 8.62. The van der Waals surface area contributed by atoms with E-state index in [0.29, 0.717) is 22.7 Å². The summed E-state index contributed by atoms with van der Waals surface area (Å²) in [5, 5.41) is 11.3. The van der Waals surface area contributed by atoms with Crippen molar-refractivity contribution in [2.75, 3.05) is 18.2 Å². The average molecular weight is 395 g/mol. The number of carbonyl (C=O) groups excluding carboxylic acids is 1. The first-order chi connectivity index (χ1) is 13.7. The number of hydrogen-bond donors (Lipinski definition) is 1. The van der Waals surface area contributed by atoms with Crippen LogP contribution in [0.15, 0.2) is 62.3 Å². The highest BCUT2D eigenvalue weighted by Crippen LogP contribution is 2.33. The summed E-state index contributed by atoms with van der Waals surface area (Å²) in [6.45, 7) is 2.08. The summed E-state index contributed by atoms with van der Waals surface area (Å²) in [6, 6.07) is 14.7. The fraction of sp³-hybridized carbons (Fsp3) is 0.150. The van der Waals surface area contributed by atoms with E-state index in [-0.39, 0.29) is 17.8 Å². The third-order valence-corrected chi connectivity index (χ3v) is 4.91. The van der Waals surface area contributed by atoms with E-state index < -0.39 is 0 Å². The van der Waals surface area contributed by atoms with E-state index in [1.54, 1.807) is 43.1 Å². The Morgan fingerprint density at radius 2 is 1.96 bits per heavy atom. The number of anilines is 1. The number of furan rings is 1. The van der Waals surface area contributed by atoms with Crippen LogP contribution < -0.4 is 10.1 Å². The van der Waals surface area contributed by atoms with Crippen LogP contribution in [0, 0.1) is 0 Å². The number of nitrogens with one attached hydrogen (secondary N) is 1. The van der Waals surface area contributed by atoms with E-state index >= 15 is 0 Å². The van der Waals surface area contributed by atoms with E-state index in [1.807, 2.05) is 24.3 Å². The second kappa shape index (κ2) is 7.77. The summed E-state index contributed by atoms with van der Waals surface area (Å²) in [5.74, 6) is 1.83. The molecule has 0 aliphatic rings. The number of methoxy groups -OCH3 is 1. The normalized spacial score (nSPS) is 10.9. The Morgan fingerprint density at radius 3 is 2.71 bits per heavy atom. The lowest BCUT2D eigenvalue weighted by molar-refractivity contribution is 0.102. The highest BCUT2D eigenvalue weighted by molar-refractivity contribution is 7.99. The molecule has 142 valence electrons. The van der Waals surface area contributed by atoms with Gasteiger partial charge in [0.15, 0.2) is 17.1 Å². The smallest absolute Gasteiger partial charge is 0.322 e. The van der Waals surface area contributed by atoms with Crippen molar-refractivity contribution in [2.24, 2.45) is 0 Å². The van der Waals surface area contributed by atoms with Gasteiger partial charge in [-0.05, 0) is 42.2 Å². The maximum atomic E-state index is 12.4. The van der Waals surface area contributed by atoms with Crippen molar-refractivity contribution in [3.05, 3.63) is 54.1 Å². The molecule has 2 aromatic heterocycles. The van der Waals surface area contributed by atoms with Gasteiger partial charge in [0.1, 0.15) is 0 Å². The fourth-order valence-corrected chi connectivity index (χ4v) is 3.38. The van der Waals surface area contributed by atoms with E-state index in [0.717, 1.165) is 16.0 Å². The summed E-state index contributed by atoms with van der Waals surface area (Å²) in [7, 11) is 1.57. The summed E-state index contributed by atoms with van der Waals surface area (Å²) >= 11 is 1.71. The maximum Gasteiger partial charge on any atom is 0.322 e. The lowest BCUT2D eigenvalue weighted by Gasteiger charge is -2.02. The molecule has 0 unspecified atom stereocenters. The molecule has 0 atom stereocenters. The number of benzene rings is 2. The zero-order valence-electron chi connectivity index (χ0n) is 15.3. The van der Waals surface area contributed by atoms with Gasteiger partial charge in [0.2, 0.25) is 0 Å². The van der Waals surface area contributed by atoms with Crippen molar-refractivity contribution in [1.29, 1.82) is 0 Å². The van der Waals surface area contributed by atoms with Crippen molar-refractivity contribution < 1.29 is 18.4 Å². The van der Waals surface area contributed by atoms with Gasteiger partial charge in [-0.15, -0.1) is 16.9 Å². The second-order valence-electron chi connectivity index (χ2n) is 5.81. The number of aromatic nitrogens is 2. The van der Waals surface area contributed by atoms with Gasteiger partial charge in [-0.3, -0.25) is 10.1 Å². The average Bonchev–Trinajstić information content (AvgIpc) is 3.35. The summed E-state index contributed by atoms with van der Waals surface area (Å²) in [4.78, 5) is 13.5. The molecular formula is C20H17N3O4S. The number of fused-ring (bicyclic) bond motifs is 1. The van der Waals surface area contributed by atoms with Crippen LogP contribution in [0.1, 0.15) is 17.3 Å². The summed E-state index contributed by atoms with van der Waals surface area (Å²) < 4.78 is 16.6. The molecule has 4 aromatic rings. The van der Waals surface area contributed by atoms with Gasteiger partial charge in [0.05, 0.1) is 7.11 Å². The van der Waals surface area contributed by atoms with Crippen molar-refractivity contribution in [1.82, 2.24) is 10.2 Å². The minimum atomic E-state index is -0.325. The van der Waals surface area contributed by atoms with Crippen LogP contribution in [0.25, 0.3) is 22.6 Å². The number of amides is 1. The largest absolute Gasteiger partial charge is 0.493 e. The molecule has 8 heteroatoms. The number of para-hydroxylation sites is 1. The number of nitrogens with zero attached hydrogens (tertiary/aromatic N) is 2. The van der Waals surface area contributed by atoms with Crippen LogP contribution in [0.3, 0.4) is 0 Å². The SMILES string of the molecule is CCSc1ccc(C(=O)Nc2nnc(-c3cc4cccc(OC)c4o3)o2)cc1. The van der Waals surface area contributed by atoms with E-state index in [9.17, 15) is 4.79 Å². The Bertz CT molecular complexity index is 1120. The first kappa shape index (κ1) is 18.1. The van der Waals surface area contributed by atoms with E-state index in [2.05, 4.69) is 22.4 Å². The Hall–Kier alpha value is -3.26. The van der Waals surface area contributed by atoms with Gasteiger partial charge in [-0.25, -0.2) is 0 Å². The molecule has 1 amide bonds. The lowest BCUT2D eigenvalue weighted by atomic mass is 10.2. The highest BCUT2D eigenvalue weighted by atomic mass is 32.2. The van der Waals surface area contributed by atoms with Crippen molar-refractivity contribution >= 4 is 34.7 Å². The molecule has 2 aromatic carbocycles. The van der Waals surface area contributed by atoms with Crippen molar-refractivity contribution in [2.45, 2.75) is 11.8 Å². The number of ether oxygens (including phenoxy) is 1. The van der Waals surface area contributed by atoms with E-state index in [1.165, 1.54) is 0 Å². The minimum Gasteiger partial charge on any atom is -0.493 e. The number of thioether (sulfide) groups is 1. The van der Waals surface area contributed by atoms with Gasteiger partial charge in [-0.1, -0.05) is 24.2 Å². The van der Waals surface area contributed by atoms with Gasteiger partial charge in [0, 0.05) is 15.8 Å². The zero-order chi connectivity index (χ0) is 19.5. The van der Waals surface area contributed by atoms with Crippen molar-refractivity contribution in [3.63, 3.8) is 0 Å². The molecule has 1 N–H and O–H groups in total. The maximum absolute atomic E-state index is 12.4. The molecule has 4 rings (SSSR count). The van der Waals surface area contributed by atoms with Crippen LogP contribution in [-0.4, -0.2) is 29.0 Å². The Balaban J connectivity index is 1.52. The standard InChI is InChI=1S/C20H17N3O4S/c1-3-28-14-9-7-12(8-10-14)18(24)21-20-23-22-19(27-20)16-11-13-5-4-6-15(25-2)17(13)26-16/h4-11H,3H2,1-2H3,(H,21,23,24). The van der Waals surface area contributed by atoms with Crippen LogP contribution in [0.4, 0.5) is 6.01 Å². The third-order valence-electron chi connectivity index (χ3n) is 4.01. The van der Waals surface area contributed by atoms with Crippen LogP contribution >= 0.6 is 11.8 Å².